The summed E-state index contributed by atoms with van der Waals surface area (Å²) in [6, 6.07) is 14.3. The van der Waals surface area contributed by atoms with Crippen LogP contribution in [-0.2, 0) is 111 Å². The maximum atomic E-state index is 12.7. The van der Waals surface area contributed by atoms with Gasteiger partial charge in [0.25, 0.3) is 0 Å². The number of amides is 5. The van der Waals surface area contributed by atoms with Gasteiger partial charge in [0.2, 0.25) is 29.5 Å². The molecule has 1 fully saturated rings. The van der Waals surface area contributed by atoms with Crippen LogP contribution in [0.3, 0.4) is 0 Å². The van der Waals surface area contributed by atoms with Crippen LogP contribution >= 0.6 is 136 Å². The van der Waals surface area contributed by atoms with Gasteiger partial charge < -0.3 is 47.3 Å². The van der Waals surface area contributed by atoms with E-state index in [-0.39, 0.29) is 29.5 Å². The maximum Gasteiger partial charge on any atom is 0.221 e. The smallest absolute Gasteiger partial charge is 0.221 e. The van der Waals surface area contributed by atoms with E-state index >= 15 is 0 Å². The number of morpholine rings is 1. The van der Waals surface area contributed by atoms with Gasteiger partial charge in [0.1, 0.15) is 98.8 Å². The molecular weight excluding hydrogens is 2080 g/mol. The lowest BCUT2D eigenvalue weighted by Gasteiger charge is -2.36. The standard InChI is InChI=1S/C22H27N5O2S2.C22H27N3OS2.C17H17N3OS2.C16H15N3OS2.C15H14N4OS2.C14H12N4OS2/c1-14(12-26-7-9-29-10-8-26)27-6-4-16-19(13-27)31-21(24-15(2)28)20(16)22-25-17-11-23-5-3-18(17)30-22;1-3-14(2)5-4-6-15(26)11-19-21(16-7-9-24-13-20(16)27-19)22-25-17-12-23-10-8-18(17)28-22;1-9-4-3-5-13-14(9)15(16(23-13)19-10(2)21)17-20-11-8-18-7-6-12(11)22-17;1-9(20)18-15-14(10-4-2-3-5-12(10)21-15)16-19-11-8-17-7-6-13(11)22-16;1-8(20)18-14-12(9-4-6-16-7-11(9)21-14)15-19-10-3-2-5-17-13(10)22-15;1-7(19)17-13-12(8-4-16-6-11(8)21-13)14-18-9-5-15-3-2-10(9)20-14/h3,5,11,14H,4,6-10,12-13H2,1-2H3,(H,24,28);8,10,12,14,24H,3-7,9,11,13H2,1-2H3;6-9H,3-5H2,1-2H3,(H,19,21);6-8H,2-5H2,1H3,(H,18,20);2-3,5,16H,4,6-7H2,1H3,(H,18,20);2-3,5,16H,4,6H2,1H3,(H,17,19). The van der Waals surface area contributed by atoms with Crippen LogP contribution in [0.1, 0.15) is 187 Å². The number of rotatable bonds is 21. The van der Waals surface area contributed by atoms with Gasteiger partial charge in [-0.3, -0.25) is 63.5 Å². The fourth-order valence-electron chi connectivity index (χ4n) is 19.6. The molecule has 18 aromatic rings. The lowest BCUT2D eigenvalue weighted by molar-refractivity contribution is -0.119. The van der Waals surface area contributed by atoms with Gasteiger partial charge in [-0.15, -0.1) is 125 Å². The highest BCUT2D eigenvalue weighted by Gasteiger charge is 2.36. The highest BCUT2D eigenvalue weighted by Crippen LogP contribution is 2.54. The van der Waals surface area contributed by atoms with Gasteiger partial charge in [-0.2, -0.15) is 0 Å². The van der Waals surface area contributed by atoms with E-state index in [4.69, 9.17) is 29.7 Å². The summed E-state index contributed by atoms with van der Waals surface area (Å²) in [5, 5.41) is 35.7. The van der Waals surface area contributed by atoms with Gasteiger partial charge in [0.15, 0.2) is 0 Å². The molecule has 3 unspecified atom stereocenters. The first-order valence-corrected chi connectivity index (χ1v) is 59.5. The Morgan fingerprint density at radius 3 is 1.34 bits per heavy atom. The van der Waals surface area contributed by atoms with Crippen LogP contribution < -0.4 is 42.5 Å². The van der Waals surface area contributed by atoms with Crippen molar-refractivity contribution in [3.63, 3.8) is 0 Å². The second-order valence-corrected chi connectivity index (χ2v) is 50.2. The Morgan fingerprint density at radius 2 is 0.837 bits per heavy atom. The average Bonchev–Trinajstić information content (AvgIpc) is 1.63. The Balaban J connectivity index is 0.000000108. The molecule has 5 aliphatic heterocycles. The number of carbonyl (C=O) groups excluding carboxylic acids is 6. The Hall–Kier alpha value is -10.8. The van der Waals surface area contributed by atoms with Gasteiger partial charge in [-0.1, -0.05) is 44.9 Å². The number of fused-ring (bicyclic) bond motifs is 12. The molecular formula is C106H112N22O7S12. The number of hydrogen-bond donors (Lipinski definition) is 8. The van der Waals surface area contributed by atoms with Crippen LogP contribution in [0.4, 0.5) is 25.0 Å². The molecule has 1 saturated heterocycles. The molecule has 0 spiro atoms. The SMILES string of the molecule is CC(=O)Nc1sc2c(c1-c1nc3cccnc3s1)CCNC2.CC(=O)Nc1sc2c(c1-c1nc3cnccc3s1)C(C)CCC2.CC(=O)Nc1sc2c(c1-c1nc3cnccc3s1)CCCC2.CC(=O)Nc1sc2c(c1-c1nc3cnccc3s1)CCN(C(C)CN1CCOCC1)C2.CC(=O)Nc1sc2c(c1-c1nc3cnccc3s1)CNC2.CCC(C)CCCC(=O)Cc1sc2c(c1-c1nc3cnccc3s1)CCNC2. The third-order valence-electron chi connectivity index (χ3n) is 26.7. The van der Waals surface area contributed by atoms with E-state index < -0.39 is 0 Å². The third kappa shape index (κ3) is 23.8. The molecule has 3 atom stereocenters. The summed E-state index contributed by atoms with van der Waals surface area (Å²) >= 11 is 20.2. The number of thiophene rings is 6. The topological polar surface area (TPSA) is 369 Å². The van der Waals surface area contributed by atoms with Crippen molar-refractivity contribution in [2.24, 2.45) is 5.92 Å². The number of hydrogen-bond acceptors (Lipinski definition) is 36. The number of anilines is 5. The van der Waals surface area contributed by atoms with E-state index in [1.54, 1.807) is 220 Å². The zero-order valence-corrected chi connectivity index (χ0v) is 92.7. The number of aromatic nitrogens is 12. The molecule has 0 radical (unpaired) electrons. The molecule has 29 nitrogen and oxygen atoms in total. The lowest BCUT2D eigenvalue weighted by atomic mass is 9.86. The van der Waals surface area contributed by atoms with Gasteiger partial charge in [-0.25, -0.2) is 34.9 Å². The number of carbonyl (C=O) groups is 6. The summed E-state index contributed by atoms with van der Waals surface area (Å²) in [7, 11) is 0. The summed E-state index contributed by atoms with van der Waals surface area (Å²) in [5.74, 6) is 1.39. The zero-order valence-electron chi connectivity index (χ0n) is 82.9. The number of ketones is 1. The van der Waals surface area contributed by atoms with Crippen molar-refractivity contribution in [3.05, 3.63) is 178 Å². The minimum absolute atomic E-state index is 0.0253. The van der Waals surface area contributed by atoms with Crippen molar-refractivity contribution < 1.29 is 33.5 Å². The number of Topliss-reactive ketones (excluding diaryl/α,β-unsaturated/α-hetero) is 1. The molecule has 25 rings (SSSR count). The maximum absolute atomic E-state index is 12.7. The first-order chi connectivity index (χ1) is 71.5. The quantitative estimate of drug-likeness (QED) is 0.0331. The predicted octanol–water partition coefficient (Wildman–Crippen LogP) is 23.9. The minimum atomic E-state index is -0.0492. The van der Waals surface area contributed by atoms with E-state index in [2.05, 4.69) is 115 Å². The van der Waals surface area contributed by atoms with Crippen molar-refractivity contribution in [1.29, 1.82) is 0 Å². The highest BCUT2D eigenvalue weighted by molar-refractivity contribution is 7.26. The van der Waals surface area contributed by atoms with Crippen LogP contribution in [0.15, 0.2) is 111 Å². The van der Waals surface area contributed by atoms with E-state index in [0.29, 0.717) is 36.5 Å². The zero-order chi connectivity index (χ0) is 101. The average molecular weight is 2190 g/mol. The van der Waals surface area contributed by atoms with Crippen LogP contribution in [0, 0.1) is 5.92 Å². The Morgan fingerprint density at radius 1 is 0.422 bits per heavy atom. The molecule has 760 valence electrons. The molecule has 7 aliphatic rings. The number of pyridine rings is 6. The molecule has 0 aromatic carbocycles. The summed E-state index contributed by atoms with van der Waals surface area (Å²) < 4.78 is 11.1. The van der Waals surface area contributed by atoms with Crippen molar-refractivity contribution >= 4 is 258 Å². The number of nitrogens with zero attached hydrogens (tertiary/aromatic N) is 14. The van der Waals surface area contributed by atoms with E-state index in [1.165, 1.54) is 112 Å². The lowest BCUT2D eigenvalue weighted by Crippen LogP contribution is -2.47. The summed E-state index contributed by atoms with van der Waals surface area (Å²) in [6.07, 6.45) is 35.4. The largest absolute Gasteiger partial charge is 0.379 e. The van der Waals surface area contributed by atoms with Crippen molar-refractivity contribution in [3.8, 4) is 63.4 Å². The van der Waals surface area contributed by atoms with Crippen molar-refractivity contribution in [1.82, 2.24) is 85.6 Å². The van der Waals surface area contributed by atoms with E-state index in [1.807, 2.05) is 54.9 Å². The molecule has 5 amide bonds. The number of nitrogens with one attached hydrogen (secondary N) is 8. The fraction of sp³-hybridized carbons (Fsp3) is 0.377. The Labute approximate surface area is 898 Å². The van der Waals surface area contributed by atoms with Crippen LogP contribution in [0.2, 0.25) is 0 Å². The molecule has 18 aromatic heterocycles. The van der Waals surface area contributed by atoms with Crippen LogP contribution in [0.5, 0.6) is 0 Å². The third-order valence-corrected chi connectivity index (χ3v) is 40.0. The minimum Gasteiger partial charge on any atom is -0.379 e. The summed E-state index contributed by atoms with van der Waals surface area (Å²) in [6.45, 7) is 29.0. The van der Waals surface area contributed by atoms with Gasteiger partial charge in [-0.05, 0) is 178 Å². The first-order valence-electron chi connectivity index (χ1n) is 49.7. The summed E-state index contributed by atoms with van der Waals surface area (Å²) in [4.78, 5) is 140. The monoisotopic (exact) mass is 2190 g/mol. The molecule has 23 heterocycles. The Bertz CT molecular complexity index is 7550. The molecule has 8 N–H and O–H groups in total. The van der Waals surface area contributed by atoms with Crippen molar-refractivity contribution in [2.45, 2.75) is 203 Å². The number of aryl methyl sites for hydroxylation is 2. The van der Waals surface area contributed by atoms with Crippen LogP contribution in [0.25, 0.3) is 125 Å². The number of ether oxygens (including phenoxy) is 1. The molecule has 2 aliphatic carbocycles. The van der Waals surface area contributed by atoms with E-state index in [0.717, 1.165) is 281 Å². The highest BCUT2D eigenvalue weighted by atomic mass is 32.1. The second-order valence-electron chi connectivity index (χ2n) is 37.4. The van der Waals surface area contributed by atoms with Gasteiger partial charge >= 0.3 is 0 Å². The Kier molecular flexibility index (Phi) is 33.2. The molecule has 41 heteroatoms. The second kappa shape index (κ2) is 47.2. The first kappa shape index (κ1) is 103. The van der Waals surface area contributed by atoms with Gasteiger partial charge in [0, 0.05) is 212 Å². The van der Waals surface area contributed by atoms with Crippen LogP contribution in [-0.4, -0.2) is 163 Å². The van der Waals surface area contributed by atoms with Gasteiger partial charge in [0.05, 0.1) is 73.3 Å². The normalized spacial score (nSPS) is 15.6. The molecule has 0 bridgehead atoms. The van der Waals surface area contributed by atoms with E-state index in [9.17, 15) is 28.8 Å². The molecule has 0 saturated carbocycles. The summed E-state index contributed by atoms with van der Waals surface area (Å²) in [5.41, 5.74) is 20.4. The van der Waals surface area contributed by atoms with Crippen molar-refractivity contribution in [2.75, 3.05) is 79.1 Å². The fourth-order valence-corrected chi connectivity index (χ4v) is 33.9. The predicted molar refractivity (Wildman–Crippen MR) is 608 cm³/mol. The molecule has 147 heavy (non-hydrogen) atoms. The number of thiazole rings is 6.